The van der Waals surface area contributed by atoms with Gasteiger partial charge < -0.3 is 4.74 Å². The van der Waals surface area contributed by atoms with Crippen LogP contribution in [-0.4, -0.2) is 29.6 Å². The lowest BCUT2D eigenvalue weighted by Gasteiger charge is -2.19. The van der Waals surface area contributed by atoms with E-state index in [1.165, 1.54) is 12.8 Å². The normalized spacial score (nSPS) is 25.8. The van der Waals surface area contributed by atoms with Crippen LogP contribution in [0.2, 0.25) is 5.15 Å². The number of rotatable bonds is 1. The summed E-state index contributed by atoms with van der Waals surface area (Å²) in [6, 6.07) is 3.84. The van der Waals surface area contributed by atoms with Crippen molar-refractivity contribution in [1.82, 2.24) is 9.88 Å². The van der Waals surface area contributed by atoms with Crippen molar-refractivity contribution in [2.75, 3.05) is 13.6 Å². The minimum Gasteiger partial charge on any atom is -0.472 e. The Bertz CT molecular complexity index is 406. The largest absolute Gasteiger partial charge is 0.472 e. The van der Waals surface area contributed by atoms with Gasteiger partial charge in [0, 0.05) is 18.7 Å². The standard InChI is InChI=1S/C12H15ClN2O/c1-15-6-9-4-5-11(13)14-12(9)16-10(7-15)8-2-3-8/h4-5,8,10H,2-3,6-7H2,1H3. The molecule has 0 radical (unpaired) electrons. The molecule has 1 saturated carbocycles. The lowest BCUT2D eigenvalue weighted by Crippen LogP contribution is -2.31. The van der Waals surface area contributed by atoms with Crippen molar-refractivity contribution in [3.63, 3.8) is 0 Å². The molecule has 0 spiro atoms. The third-order valence-electron chi connectivity index (χ3n) is 3.25. The molecule has 1 atom stereocenters. The first-order valence-electron chi connectivity index (χ1n) is 5.73. The average molecular weight is 239 g/mol. The number of aromatic nitrogens is 1. The quantitative estimate of drug-likeness (QED) is 0.703. The van der Waals surface area contributed by atoms with Gasteiger partial charge in [-0.15, -0.1) is 0 Å². The van der Waals surface area contributed by atoms with Crippen LogP contribution >= 0.6 is 11.6 Å². The van der Waals surface area contributed by atoms with Gasteiger partial charge in [-0.05, 0) is 37.9 Å². The van der Waals surface area contributed by atoms with Crippen molar-refractivity contribution < 1.29 is 4.74 Å². The highest BCUT2D eigenvalue weighted by Crippen LogP contribution is 2.37. The number of nitrogens with zero attached hydrogens (tertiary/aromatic N) is 2. The summed E-state index contributed by atoms with van der Waals surface area (Å²) >= 11 is 5.90. The van der Waals surface area contributed by atoms with E-state index in [0.29, 0.717) is 11.1 Å². The monoisotopic (exact) mass is 238 g/mol. The maximum Gasteiger partial charge on any atom is 0.219 e. The van der Waals surface area contributed by atoms with Gasteiger partial charge in [-0.25, -0.2) is 4.98 Å². The van der Waals surface area contributed by atoms with Gasteiger partial charge in [0.05, 0.1) is 0 Å². The zero-order chi connectivity index (χ0) is 11.1. The van der Waals surface area contributed by atoms with Crippen molar-refractivity contribution >= 4 is 11.6 Å². The van der Waals surface area contributed by atoms with E-state index in [1.54, 1.807) is 0 Å². The number of hydrogen-bond acceptors (Lipinski definition) is 3. The number of fused-ring (bicyclic) bond motifs is 1. The average Bonchev–Trinajstić information content (AvgIpc) is 3.02. The fourth-order valence-corrected chi connectivity index (χ4v) is 2.37. The van der Waals surface area contributed by atoms with E-state index in [1.807, 2.05) is 12.1 Å². The molecule has 1 aromatic heterocycles. The number of likely N-dealkylation sites (N-methyl/N-ethyl adjacent to an activating group) is 1. The number of pyridine rings is 1. The molecule has 1 aliphatic heterocycles. The molecule has 1 fully saturated rings. The predicted octanol–water partition coefficient (Wildman–Crippen LogP) is 2.34. The highest BCUT2D eigenvalue weighted by molar-refractivity contribution is 6.29. The van der Waals surface area contributed by atoms with Gasteiger partial charge in [-0.2, -0.15) is 0 Å². The topological polar surface area (TPSA) is 25.4 Å². The van der Waals surface area contributed by atoms with E-state index in [2.05, 4.69) is 16.9 Å². The molecule has 2 aliphatic rings. The lowest BCUT2D eigenvalue weighted by molar-refractivity contribution is 0.138. The summed E-state index contributed by atoms with van der Waals surface area (Å²) in [4.78, 5) is 6.58. The summed E-state index contributed by atoms with van der Waals surface area (Å²) in [6.07, 6.45) is 2.86. The Hall–Kier alpha value is -0.800. The van der Waals surface area contributed by atoms with Crippen LogP contribution in [0.1, 0.15) is 18.4 Å². The molecule has 86 valence electrons. The molecule has 3 nitrogen and oxygen atoms in total. The Morgan fingerprint density at radius 2 is 2.25 bits per heavy atom. The van der Waals surface area contributed by atoms with Crippen LogP contribution in [0.4, 0.5) is 0 Å². The number of hydrogen-bond donors (Lipinski definition) is 0. The van der Waals surface area contributed by atoms with Gasteiger partial charge in [-0.3, -0.25) is 4.90 Å². The summed E-state index contributed by atoms with van der Waals surface area (Å²) in [5, 5.41) is 0.512. The second-order valence-electron chi connectivity index (χ2n) is 4.79. The summed E-state index contributed by atoms with van der Waals surface area (Å²) in [6.45, 7) is 1.88. The molecule has 1 aromatic rings. The summed E-state index contributed by atoms with van der Waals surface area (Å²) in [5.41, 5.74) is 1.13. The van der Waals surface area contributed by atoms with E-state index in [-0.39, 0.29) is 6.10 Å². The first kappa shape index (κ1) is 10.4. The van der Waals surface area contributed by atoms with Crippen LogP contribution in [0.25, 0.3) is 0 Å². The summed E-state index contributed by atoms with van der Waals surface area (Å²) in [7, 11) is 2.13. The predicted molar refractivity (Wildman–Crippen MR) is 62.7 cm³/mol. The van der Waals surface area contributed by atoms with Crippen LogP contribution in [0, 0.1) is 5.92 Å². The second kappa shape index (κ2) is 3.90. The van der Waals surface area contributed by atoms with Crippen molar-refractivity contribution in [2.45, 2.75) is 25.5 Å². The number of halogens is 1. The van der Waals surface area contributed by atoms with Gasteiger partial charge >= 0.3 is 0 Å². The highest BCUT2D eigenvalue weighted by atomic mass is 35.5. The molecule has 1 aliphatic carbocycles. The summed E-state index contributed by atoms with van der Waals surface area (Å²) < 4.78 is 5.99. The van der Waals surface area contributed by atoms with Gasteiger partial charge in [0.25, 0.3) is 0 Å². The van der Waals surface area contributed by atoms with Gasteiger partial charge in [0.15, 0.2) is 0 Å². The minimum absolute atomic E-state index is 0.289. The van der Waals surface area contributed by atoms with Crippen LogP contribution in [0.5, 0.6) is 5.88 Å². The molecule has 0 amide bonds. The minimum atomic E-state index is 0.289. The van der Waals surface area contributed by atoms with Crippen LogP contribution in [0.15, 0.2) is 12.1 Å². The van der Waals surface area contributed by atoms with E-state index in [0.717, 1.165) is 24.5 Å². The first-order valence-corrected chi connectivity index (χ1v) is 6.11. The molecule has 2 heterocycles. The molecule has 0 saturated heterocycles. The van der Waals surface area contributed by atoms with Gasteiger partial charge in [0.2, 0.25) is 5.88 Å². The van der Waals surface area contributed by atoms with Crippen LogP contribution in [0.3, 0.4) is 0 Å². The molecule has 3 rings (SSSR count). The molecular weight excluding hydrogens is 224 g/mol. The van der Waals surface area contributed by atoms with Crippen LogP contribution in [-0.2, 0) is 6.54 Å². The maximum absolute atomic E-state index is 5.99. The Balaban J connectivity index is 1.92. The lowest BCUT2D eigenvalue weighted by atomic mass is 10.2. The highest BCUT2D eigenvalue weighted by Gasteiger charge is 2.35. The Morgan fingerprint density at radius 3 is 3.00 bits per heavy atom. The van der Waals surface area contributed by atoms with Crippen molar-refractivity contribution in [3.8, 4) is 5.88 Å². The first-order chi connectivity index (χ1) is 7.72. The number of ether oxygens (including phenoxy) is 1. The molecule has 4 heteroatoms. The van der Waals surface area contributed by atoms with Crippen LogP contribution < -0.4 is 4.74 Å². The summed E-state index contributed by atoms with van der Waals surface area (Å²) in [5.74, 6) is 1.45. The van der Waals surface area contributed by atoms with E-state index >= 15 is 0 Å². The van der Waals surface area contributed by atoms with Crippen molar-refractivity contribution in [3.05, 3.63) is 22.8 Å². The molecule has 16 heavy (non-hydrogen) atoms. The zero-order valence-electron chi connectivity index (χ0n) is 9.32. The molecule has 0 bridgehead atoms. The molecule has 0 N–H and O–H groups in total. The van der Waals surface area contributed by atoms with Gasteiger partial charge in [-0.1, -0.05) is 11.6 Å². The van der Waals surface area contributed by atoms with E-state index in [4.69, 9.17) is 16.3 Å². The van der Waals surface area contributed by atoms with Crippen molar-refractivity contribution in [2.24, 2.45) is 5.92 Å². The zero-order valence-corrected chi connectivity index (χ0v) is 10.1. The third kappa shape index (κ3) is 2.02. The van der Waals surface area contributed by atoms with Crippen molar-refractivity contribution in [1.29, 1.82) is 0 Å². The Kier molecular flexibility index (Phi) is 2.52. The fourth-order valence-electron chi connectivity index (χ4n) is 2.23. The molecule has 0 aromatic carbocycles. The maximum atomic E-state index is 5.99. The van der Waals surface area contributed by atoms with E-state index in [9.17, 15) is 0 Å². The third-order valence-corrected chi connectivity index (χ3v) is 3.46. The SMILES string of the molecule is CN1Cc2ccc(Cl)nc2OC(C2CC2)C1. The van der Waals surface area contributed by atoms with E-state index < -0.39 is 0 Å². The van der Waals surface area contributed by atoms with Gasteiger partial charge in [0.1, 0.15) is 11.3 Å². The Morgan fingerprint density at radius 1 is 1.44 bits per heavy atom. The molecular formula is C12H15ClN2O. The second-order valence-corrected chi connectivity index (χ2v) is 5.18. The molecule has 1 unspecified atom stereocenters. The Labute approximate surface area is 100 Å². The fraction of sp³-hybridized carbons (Fsp3) is 0.583. The smallest absolute Gasteiger partial charge is 0.219 e.